The Hall–Kier alpha value is -1.32. The van der Waals surface area contributed by atoms with E-state index in [-0.39, 0.29) is 11.9 Å². The van der Waals surface area contributed by atoms with Crippen molar-refractivity contribution in [2.24, 2.45) is 5.92 Å². The van der Waals surface area contributed by atoms with E-state index >= 15 is 0 Å². The van der Waals surface area contributed by atoms with Gasteiger partial charge in [-0.3, -0.25) is 9.59 Å². The number of hydrogen-bond acceptors (Lipinski definition) is 2. The predicted molar refractivity (Wildman–Crippen MR) is 61.0 cm³/mol. The van der Waals surface area contributed by atoms with Gasteiger partial charge in [0, 0.05) is 6.04 Å². The van der Waals surface area contributed by atoms with E-state index in [1.165, 1.54) is 6.08 Å². The van der Waals surface area contributed by atoms with E-state index in [1.807, 2.05) is 0 Å². The molecule has 1 aliphatic rings. The normalized spacial score (nSPS) is 26.3. The van der Waals surface area contributed by atoms with Crippen molar-refractivity contribution in [1.82, 2.24) is 5.32 Å². The van der Waals surface area contributed by atoms with Crippen molar-refractivity contribution in [2.45, 2.75) is 45.1 Å². The molecule has 0 heterocycles. The zero-order valence-corrected chi connectivity index (χ0v) is 9.61. The van der Waals surface area contributed by atoms with Crippen LogP contribution in [0.4, 0.5) is 0 Å². The monoisotopic (exact) mass is 225 g/mol. The number of aliphatic carboxylic acids is 1. The van der Waals surface area contributed by atoms with Gasteiger partial charge in [-0.2, -0.15) is 0 Å². The third-order valence-electron chi connectivity index (χ3n) is 2.98. The molecular weight excluding hydrogens is 206 g/mol. The molecule has 1 fully saturated rings. The minimum Gasteiger partial charge on any atom is -0.481 e. The number of carboxylic acids is 1. The van der Waals surface area contributed by atoms with Gasteiger partial charge in [0.05, 0.1) is 5.92 Å². The van der Waals surface area contributed by atoms with E-state index in [0.29, 0.717) is 6.42 Å². The van der Waals surface area contributed by atoms with Crippen LogP contribution in [0.1, 0.15) is 39.0 Å². The minimum absolute atomic E-state index is 0.194. The third-order valence-corrected chi connectivity index (χ3v) is 2.98. The SMILES string of the molecule is CC=CC(=O)NC1CCCCCC1C(=O)O. The van der Waals surface area contributed by atoms with Crippen LogP contribution in [0.5, 0.6) is 0 Å². The Balaban J connectivity index is 2.64. The van der Waals surface area contributed by atoms with Crippen molar-refractivity contribution < 1.29 is 14.7 Å². The van der Waals surface area contributed by atoms with Gasteiger partial charge in [-0.05, 0) is 25.8 Å². The summed E-state index contributed by atoms with van der Waals surface area (Å²) in [6, 6.07) is -0.219. The van der Waals surface area contributed by atoms with Gasteiger partial charge in [0.15, 0.2) is 0 Å². The molecule has 4 nitrogen and oxygen atoms in total. The number of rotatable bonds is 3. The molecule has 2 unspecified atom stereocenters. The van der Waals surface area contributed by atoms with Gasteiger partial charge in [-0.1, -0.05) is 25.3 Å². The molecule has 0 bridgehead atoms. The van der Waals surface area contributed by atoms with Gasteiger partial charge >= 0.3 is 5.97 Å². The second kappa shape index (κ2) is 6.30. The van der Waals surface area contributed by atoms with E-state index in [2.05, 4.69) is 5.32 Å². The zero-order chi connectivity index (χ0) is 12.0. The standard InChI is InChI=1S/C12H19NO3/c1-2-6-11(14)13-10-8-5-3-4-7-9(10)12(15)16/h2,6,9-10H,3-5,7-8H2,1H3,(H,13,14)(H,15,16). The van der Waals surface area contributed by atoms with Crippen molar-refractivity contribution in [3.63, 3.8) is 0 Å². The number of carbonyl (C=O) groups excluding carboxylic acids is 1. The predicted octanol–water partition coefficient (Wildman–Crippen LogP) is 1.71. The molecule has 0 aromatic heterocycles. The summed E-state index contributed by atoms with van der Waals surface area (Å²) in [5, 5.41) is 11.9. The first-order chi connectivity index (χ1) is 7.65. The fraction of sp³-hybridized carbons (Fsp3) is 0.667. The molecule has 0 aromatic carbocycles. The summed E-state index contributed by atoms with van der Waals surface area (Å²) in [6.07, 6.45) is 7.50. The number of nitrogens with one attached hydrogen (secondary N) is 1. The number of amides is 1. The maximum atomic E-state index is 11.4. The Bertz CT molecular complexity index is 286. The highest BCUT2D eigenvalue weighted by Crippen LogP contribution is 2.23. The van der Waals surface area contributed by atoms with Crippen molar-refractivity contribution in [1.29, 1.82) is 0 Å². The maximum absolute atomic E-state index is 11.4. The summed E-state index contributed by atoms with van der Waals surface area (Å²) >= 11 is 0. The smallest absolute Gasteiger partial charge is 0.308 e. The van der Waals surface area contributed by atoms with E-state index in [0.717, 1.165) is 25.7 Å². The van der Waals surface area contributed by atoms with Gasteiger partial charge in [-0.25, -0.2) is 0 Å². The molecule has 2 atom stereocenters. The van der Waals surface area contributed by atoms with Crippen LogP contribution in [0, 0.1) is 5.92 Å². The summed E-state index contributed by atoms with van der Waals surface area (Å²) in [5.41, 5.74) is 0. The molecule has 2 N–H and O–H groups in total. The van der Waals surface area contributed by atoms with Crippen molar-refractivity contribution in [3.8, 4) is 0 Å². The molecule has 1 saturated carbocycles. The van der Waals surface area contributed by atoms with Crippen LogP contribution >= 0.6 is 0 Å². The first-order valence-electron chi connectivity index (χ1n) is 5.81. The molecule has 0 saturated heterocycles. The van der Waals surface area contributed by atoms with Gasteiger partial charge in [-0.15, -0.1) is 0 Å². The Kier molecular flexibility index (Phi) is 5.02. The second-order valence-corrected chi connectivity index (χ2v) is 4.20. The molecule has 1 aliphatic carbocycles. The lowest BCUT2D eigenvalue weighted by Crippen LogP contribution is -2.42. The fourth-order valence-corrected chi connectivity index (χ4v) is 2.16. The summed E-state index contributed by atoms with van der Waals surface area (Å²) in [6.45, 7) is 1.77. The molecule has 1 rings (SSSR count). The minimum atomic E-state index is -0.798. The number of carbonyl (C=O) groups is 2. The summed E-state index contributed by atoms with van der Waals surface area (Å²) < 4.78 is 0. The molecule has 0 aliphatic heterocycles. The summed E-state index contributed by atoms with van der Waals surface area (Å²) in [4.78, 5) is 22.5. The summed E-state index contributed by atoms with van der Waals surface area (Å²) in [7, 11) is 0. The van der Waals surface area contributed by atoms with Crippen LogP contribution in [0.3, 0.4) is 0 Å². The van der Waals surface area contributed by atoms with E-state index in [9.17, 15) is 9.59 Å². The quantitative estimate of drug-likeness (QED) is 0.567. The molecule has 0 spiro atoms. The second-order valence-electron chi connectivity index (χ2n) is 4.20. The molecule has 4 heteroatoms. The Labute approximate surface area is 95.7 Å². The zero-order valence-electron chi connectivity index (χ0n) is 9.61. The van der Waals surface area contributed by atoms with Crippen LogP contribution < -0.4 is 5.32 Å². The average Bonchev–Trinajstić information content (AvgIpc) is 2.43. The summed E-state index contributed by atoms with van der Waals surface area (Å²) in [5.74, 6) is -1.43. The Morgan fingerprint density at radius 1 is 1.25 bits per heavy atom. The number of hydrogen-bond donors (Lipinski definition) is 2. The number of allylic oxidation sites excluding steroid dienone is 1. The first kappa shape index (κ1) is 12.7. The van der Waals surface area contributed by atoms with Crippen molar-refractivity contribution in [2.75, 3.05) is 0 Å². The molecule has 1 amide bonds. The Morgan fingerprint density at radius 3 is 2.56 bits per heavy atom. The largest absolute Gasteiger partial charge is 0.481 e. The van der Waals surface area contributed by atoms with Crippen molar-refractivity contribution >= 4 is 11.9 Å². The molecule has 16 heavy (non-hydrogen) atoms. The third kappa shape index (κ3) is 3.68. The van der Waals surface area contributed by atoms with E-state index in [1.54, 1.807) is 13.0 Å². The van der Waals surface area contributed by atoms with Crippen LogP contribution in [0.25, 0.3) is 0 Å². The van der Waals surface area contributed by atoms with Gasteiger partial charge in [0.25, 0.3) is 0 Å². The van der Waals surface area contributed by atoms with Gasteiger partial charge < -0.3 is 10.4 Å². The highest BCUT2D eigenvalue weighted by Gasteiger charge is 2.29. The van der Waals surface area contributed by atoms with Crippen LogP contribution in [0.2, 0.25) is 0 Å². The average molecular weight is 225 g/mol. The Morgan fingerprint density at radius 2 is 1.94 bits per heavy atom. The van der Waals surface area contributed by atoms with Crippen molar-refractivity contribution in [3.05, 3.63) is 12.2 Å². The molecule has 0 aromatic rings. The number of carboxylic acid groups (broad SMARTS) is 1. The van der Waals surface area contributed by atoms with E-state index < -0.39 is 11.9 Å². The maximum Gasteiger partial charge on any atom is 0.308 e. The lowest BCUT2D eigenvalue weighted by molar-refractivity contribution is -0.143. The van der Waals surface area contributed by atoms with Crippen LogP contribution in [-0.2, 0) is 9.59 Å². The van der Waals surface area contributed by atoms with Gasteiger partial charge in [0.1, 0.15) is 0 Å². The highest BCUT2D eigenvalue weighted by atomic mass is 16.4. The first-order valence-corrected chi connectivity index (χ1v) is 5.81. The lowest BCUT2D eigenvalue weighted by atomic mass is 9.95. The lowest BCUT2D eigenvalue weighted by Gasteiger charge is -2.22. The highest BCUT2D eigenvalue weighted by molar-refractivity contribution is 5.88. The van der Waals surface area contributed by atoms with Crippen LogP contribution in [0.15, 0.2) is 12.2 Å². The van der Waals surface area contributed by atoms with Gasteiger partial charge in [0.2, 0.25) is 5.91 Å². The molecule has 90 valence electrons. The molecular formula is C12H19NO3. The topological polar surface area (TPSA) is 66.4 Å². The molecule has 0 radical (unpaired) electrons. The fourth-order valence-electron chi connectivity index (χ4n) is 2.16. The van der Waals surface area contributed by atoms with Crippen LogP contribution in [-0.4, -0.2) is 23.0 Å². The van der Waals surface area contributed by atoms with E-state index in [4.69, 9.17) is 5.11 Å².